The Bertz CT molecular complexity index is 669. The van der Waals surface area contributed by atoms with Crippen LogP contribution in [0, 0.1) is 11.7 Å². The van der Waals surface area contributed by atoms with E-state index in [0.29, 0.717) is 11.5 Å². The first-order valence-electron chi connectivity index (χ1n) is 9.92. The zero-order valence-electron chi connectivity index (χ0n) is 15.6. The Kier molecular flexibility index (Phi) is 6.23. The summed E-state index contributed by atoms with van der Waals surface area (Å²) < 4.78 is 14.5. The Hall–Kier alpha value is -1.70. The summed E-state index contributed by atoms with van der Waals surface area (Å²) in [5.74, 6) is 1.33. The van der Waals surface area contributed by atoms with Crippen LogP contribution in [-0.4, -0.2) is 4.98 Å². The highest BCUT2D eigenvalue weighted by Crippen LogP contribution is 2.35. The third kappa shape index (κ3) is 4.68. The molecular weight excluding hydrogens is 309 g/mol. The van der Waals surface area contributed by atoms with Crippen molar-refractivity contribution in [3.05, 3.63) is 53.5 Å². The Balaban J connectivity index is 1.69. The predicted octanol–water partition coefficient (Wildman–Crippen LogP) is 6.91. The quantitative estimate of drug-likeness (QED) is 0.521. The number of nitrogens with zero attached hydrogens (tertiary/aromatic N) is 1. The van der Waals surface area contributed by atoms with Gasteiger partial charge in [-0.2, -0.15) is 0 Å². The summed E-state index contributed by atoms with van der Waals surface area (Å²) in [6.07, 6.45) is 11.6. The molecule has 0 spiro atoms. The van der Waals surface area contributed by atoms with Gasteiger partial charge in [-0.05, 0) is 66.8 Å². The largest absolute Gasteiger partial charge is 0.256 e. The van der Waals surface area contributed by atoms with Gasteiger partial charge in [0.05, 0.1) is 5.69 Å². The molecule has 3 rings (SSSR count). The van der Waals surface area contributed by atoms with Crippen LogP contribution in [0.15, 0.2) is 36.5 Å². The fourth-order valence-corrected chi connectivity index (χ4v) is 3.90. The highest BCUT2D eigenvalue weighted by molar-refractivity contribution is 5.60. The molecular formula is C23H30FN. The van der Waals surface area contributed by atoms with Crippen LogP contribution in [0.5, 0.6) is 0 Å². The van der Waals surface area contributed by atoms with E-state index in [-0.39, 0.29) is 5.82 Å². The van der Waals surface area contributed by atoms with Crippen LogP contribution in [0.1, 0.15) is 75.8 Å². The molecule has 1 heterocycles. The van der Waals surface area contributed by atoms with Crippen molar-refractivity contribution in [2.45, 2.75) is 71.1 Å². The van der Waals surface area contributed by atoms with Crippen LogP contribution in [-0.2, 0) is 6.42 Å². The molecule has 1 nitrogen and oxygen atoms in total. The van der Waals surface area contributed by atoms with Gasteiger partial charge in [-0.15, -0.1) is 0 Å². The molecule has 25 heavy (non-hydrogen) atoms. The molecule has 0 N–H and O–H groups in total. The van der Waals surface area contributed by atoms with E-state index >= 15 is 0 Å². The van der Waals surface area contributed by atoms with Crippen molar-refractivity contribution in [1.82, 2.24) is 4.98 Å². The summed E-state index contributed by atoms with van der Waals surface area (Å²) in [6, 6.07) is 9.76. The zero-order chi connectivity index (χ0) is 17.6. The number of unbranched alkanes of at least 4 members (excludes halogenated alkanes) is 2. The SMILES string of the molecule is CCCCCc1ccc(-c2ccc(C3CCC(C)CC3)cn2)c(F)c1. The van der Waals surface area contributed by atoms with Gasteiger partial charge in [-0.3, -0.25) is 4.98 Å². The highest BCUT2D eigenvalue weighted by Gasteiger charge is 2.20. The molecule has 1 aliphatic rings. The van der Waals surface area contributed by atoms with Gasteiger partial charge in [-0.1, -0.05) is 51.7 Å². The molecule has 2 aromatic rings. The second-order valence-corrected chi connectivity index (χ2v) is 7.70. The molecule has 1 aromatic heterocycles. The average molecular weight is 339 g/mol. The second-order valence-electron chi connectivity index (χ2n) is 7.70. The maximum atomic E-state index is 14.5. The molecule has 2 heteroatoms. The molecule has 0 atom stereocenters. The predicted molar refractivity (Wildman–Crippen MR) is 103 cm³/mol. The summed E-state index contributed by atoms with van der Waals surface area (Å²) in [6.45, 7) is 4.53. The minimum absolute atomic E-state index is 0.152. The summed E-state index contributed by atoms with van der Waals surface area (Å²) in [5.41, 5.74) is 3.75. The molecule has 134 valence electrons. The first kappa shape index (κ1) is 18.1. The van der Waals surface area contributed by atoms with Crippen LogP contribution < -0.4 is 0 Å². The van der Waals surface area contributed by atoms with E-state index in [4.69, 9.17) is 0 Å². The molecule has 1 aliphatic carbocycles. The summed E-state index contributed by atoms with van der Waals surface area (Å²) in [7, 11) is 0. The van der Waals surface area contributed by atoms with E-state index in [1.807, 2.05) is 24.4 Å². The highest BCUT2D eigenvalue weighted by atomic mass is 19.1. The molecule has 1 saturated carbocycles. The monoisotopic (exact) mass is 339 g/mol. The number of hydrogen-bond donors (Lipinski definition) is 0. The van der Waals surface area contributed by atoms with Crippen molar-refractivity contribution in [2.75, 3.05) is 0 Å². The minimum atomic E-state index is -0.152. The Morgan fingerprint density at radius 1 is 1.04 bits per heavy atom. The van der Waals surface area contributed by atoms with Crippen molar-refractivity contribution in [3.8, 4) is 11.3 Å². The van der Waals surface area contributed by atoms with Crippen molar-refractivity contribution in [1.29, 1.82) is 0 Å². The zero-order valence-corrected chi connectivity index (χ0v) is 15.6. The van der Waals surface area contributed by atoms with E-state index in [9.17, 15) is 4.39 Å². The summed E-state index contributed by atoms with van der Waals surface area (Å²) in [5, 5.41) is 0. The van der Waals surface area contributed by atoms with Gasteiger partial charge in [-0.25, -0.2) is 4.39 Å². The number of hydrogen-bond acceptors (Lipinski definition) is 1. The Morgan fingerprint density at radius 3 is 2.48 bits per heavy atom. The lowest BCUT2D eigenvalue weighted by Crippen LogP contribution is -2.11. The lowest BCUT2D eigenvalue weighted by atomic mass is 9.80. The molecule has 0 saturated heterocycles. The van der Waals surface area contributed by atoms with E-state index in [1.165, 1.54) is 44.1 Å². The fraction of sp³-hybridized carbons (Fsp3) is 0.522. The van der Waals surface area contributed by atoms with Gasteiger partial charge in [0.2, 0.25) is 0 Å². The first-order chi connectivity index (χ1) is 12.2. The van der Waals surface area contributed by atoms with Crippen LogP contribution in [0.4, 0.5) is 4.39 Å². The fourth-order valence-electron chi connectivity index (χ4n) is 3.90. The molecule has 0 aliphatic heterocycles. The van der Waals surface area contributed by atoms with Gasteiger partial charge in [0, 0.05) is 11.8 Å². The Labute approximate surface area is 151 Å². The van der Waals surface area contributed by atoms with Gasteiger partial charge < -0.3 is 0 Å². The van der Waals surface area contributed by atoms with Gasteiger partial charge in [0.1, 0.15) is 5.82 Å². The van der Waals surface area contributed by atoms with Crippen molar-refractivity contribution in [3.63, 3.8) is 0 Å². The summed E-state index contributed by atoms with van der Waals surface area (Å²) >= 11 is 0. The van der Waals surface area contributed by atoms with E-state index in [2.05, 4.69) is 24.9 Å². The van der Waals surface area contributed by atoms with Gasteiger partial charge in [0.15, 0.2) is 0 Å². The third-order valence-electron chi connectivity index (χ3n) is 5.65. The number of aromatic nitrogens is 1. The molecule has 0 unspecified atom stereocenters. The second kappa shape index (κ2) is 8.60. The molecule has 0 radical (unpaired) electrons. The topological polar surface area (TPSA) is 12.9 Å². The summed E-state index contributed by atoms with van der Waals surface area (Å²) in [4.78, 5) is 4.57. The molecule has 1 aromatic carbocycles. The maximum Gasteiger partial charge on any atom is 0.132 e. The van der Waals surface area contributed by atoms with E-state index in [1.54, 1.807) is 6.07 Å². The smallest absolute Gasteiger partial charge is 0.132 e. The first-order valence-corrected chi connectivity index (χ1v) is 9.92. The van der Waals surface area contributed by atoms with Crippen molar-refractivity contribution in [2.24, 2.45) is 5.92 Å². The number of pyridine rings is 1. The van der Waals surface area contributed by atoms with Gasteiger partial charge >= 0.3 is 0 Å². The number of halogens is 1. The van der Waals surface area contributed by atoms with Crippen LogP contribution >= 0.6 is 0 Å². The number of benzene rings is 1. The normalized spacial score (nSPS) is 20.6. The maximum absolute atomic E-state index is 14.5. The number of rotatable bonds is 6. The minimum Gasteiger partial charge on any atom is -0.256 e. The average Bonchev–Trinajstić information content (AvgIpc) is 2.63. The van der Waals surface area contributed by atoms with Gasteiger partial charge in [0.25, 0.3) is 0 Å². The standard InChI is InChI=1S/C23H30FN/c1-3-4-5-6-18-9-13-21(22(24)15-18)23-14-12-20(16-25-23)19-10-7-17(2)8-11-19/h9,12-17,19H,3-8,10-11H2,1-2H3. The van der Waals surface area contributed by atoms with E-state index < -0.39 is 0 Å². The Morgan fingerprint density at radius 2 is 1.84 bits per heavy atom. The lowest BCUT2D eigenvalue weighted by Gasteiger charge is -2.26. The molecule has 0 bridgehead atoms. The molecule has 1 fully saturated rings. The van der Waals surface area contributed by atoms with E-state index in [0.717, 1.165) is 30.0 Å². The van der Waals surface area contributed by atoms with Crippen LogP contribution in [0.3, 0.4) is 0 Å². The van der Waals surface area contributed by atoms with Crippen LogP contribution in [0.25, 0.3) is 11.3 Å². The lowest BCUT2D eigenvalue weighted by molar-refractivity contribution is 0.347. The molecule has 0 amide bonds. The van der Waals surface area contributed by atoms with Crippen molar-refractivity contribution < 1.29 is 4.39 Å². The van der Waals surface area contributed by atoms with Crippen molar-refractivity contribution >= 4 is 0 Å². The number of aryl methyl sites for hydroxylation is 1. The third-order valence-corrected chi connectivity index (χ3v) is 5.65. The van der Waals surface area contributed by atoms with Crippen LogP contribution in [0.2, 0.25) is 0 Å².